The van der Waals surface area contributed by atoms with Crippen LogP contribution in [0.4, 0.5) is 8.78 Å². The Labute approximate surface area is 120 Å². The zero-order valence-corrected chi connectivity index (χ0v) is 10.9. The van der Waals surface area contributed by atoms with Crippen LogP contribution >= 0.6 is 0 Å². The molecule has 0 aliphatic carbocycles. The van der Waals surface area contributed by atoms with E-state index in [0.717, 1.165) is 18.2 Å². The number of carboxylic acid groups (broad SMARTS) is 1. The van der Waals surface area contributed by atoms with Crippen molar-refractivity contribution < 1.29 is 18.7 Å². The molecule has 2 aromatic rings. The third kappa shape index (κ3) is 2.75. The summed E-state index contributed by atoms with van der Waals surface area (Å²) < 4.78 is 27.1. The molecule has 0 saturated heterocycles. The van der Waals surface area contributed by atoms with Crippen LogP contribution in [-0.4, -0.2) is 11.1 Å². The third-order valence-corrected chi connectivity index (χ3v) is 3.28. The summed E-state index contributed by atoms with van der Waals surface area (Å²) in [6.45, 7) is 0. The van der Waals surface area contributed by atoms with Gasteiger partial charge < -0.3 is 5.11 Å². The predicted octanol–water partition coefficient (Wildman–Crippen LogP) is 3.25. The molecule has 0 fully saturated rings. The highest BCUT2D eigenvalue weighted by molar-refractivity contribution is 5.72. The Hall–Kier alpha value is -2.74. The number of halogens is 2. The maximum Gasteiger partial charge on any atom is 0.305 e. The number of hydrogen-bond acceptors (Lipinski definition) is 2. The first kappa shape index (κ1) is 14.7. The molecule has 0 aromatic heterocycles. The van der Waals surface area contributed by atoms with Crippen LogP contribution in [0.15, 0.2) is 48.5 Å². The van der Waals surface area contributed by atoms with Gasteiger partial charge in [0.05, 0.1) is 12.5 Å². The van der Waals surface area contributed by atoms with Gasteiger partial charge in [-0.25, -0.2) is 8.78 Å². The van der Waals surface area contributed by atoms with Gasteiger partial charge in [0.25, 0.3) is 0 Å². The van der Waals surface area contributed by atoms with Crippen LogP contribution in [-0.2, 0) is 10.2 Å². The molecule has 2 rings (SSSR count). The summed E-state index contributed by atoms with van der Waals surface area (Å²) in [6.07, 6.45) is -0.615. The summed E-state index contributed by atoms with van der Waals surface area (Å²) in [7, 11) is 0. The van der Waals surface area contributed by atoms with Gasteiger partial charge in [0.1, 0.15) is 17.0 Å². The minimum Gasteiger partial charge on any atom is -0.481 e. The smallest absolute Gasteiger partial charge is 0.305 e. The number of nitriles is 1. The SMILES string of the molecule is N#CC(CC(=O)O)(c1ccc(F)cc1)c1ccccc1F. The summed E-state index contributed by atoms with van der Waals surface area (Å²) >= 11 is 0. The van der Waals surface area contributed by atoms with Crippen LogP contribution < -0.4 is 0 Å². The fraction of sp³-hybridized carbons (Fsp3) is 0.125. The summed E-state index contributed by atoms with van der Waals surface area (Å²) in [4.78, 5) is 11.2. The van der Waals surface area contributed by atoms with E-state index in [2.05, 4.69) is 0 Å². The van der Waals surface area contributed by atoms with Crippen molar-refractivity contribution in [3.8, 4) is 6.07 Å². The van der Waals surface area contributed by atoms with Crippen molar-refractivity contribution in [2.24, 2.45) is 0 Å². The molecular weight excluding hydrogens is 276 g/mol. The average Bonchev–Trinajstić information content (AvgIpc) is 2.46. The van der Waals surface area contributed by atoms with Crippen LogP contribution in [0, 0.1) is 23.0 Å². The van der Waals surface area contributed by atoms with Crippen molar-refractivity contribution in [3.63, 3.8) is 0 Å². The molecule has 0 aliphatic heterocycles. The van der Waals surface area contributed by atoms with E-state index in [1.165, 1.54) is 30.3 Å². The highest BCUT2D eigenvalue weighted by atomic mass is 19.1. The number of aliphatic carboxylic acids is 1. The Morgan fingerprint density at radius 3 is 2.29 bits per heavy atom. The number of rotatable bonds is 4. The minimum atomic E-state index is -1.70. The van der Waals surface area contributed by atoms with Gasteiger partial charge in [0.15, 0.2) is 0 Å². The zero-order chi connectivity index (χ0) is 15.5. The fourth-order valence-electron chi connectivity index (χ4n) is 2.29. The van der Waals surface area contributed by atoms with E-state index in [9.17, 15) is 18.8 Å². The first-order chi connectivity index (χ1) is 9.99. The molecule has 2 aromatic carbocycles. The molecule has 0 amide bonds. The van der Waals surface area contributed by atoms with E-state index < -0.39 is 29.4 Å². The molecule has 0 saturated carbocycles. The van der Waals surface area contributed by atoms with E-state index in [1.54, 1.807) is 0 Å². The average molecular weight is 287 g/mol. The first-order valence-corrected chi connectivity index (χ1v) is 6.14. The van der Waals surface area contributed by atoms with Crippen molar-refractivity contribution in [2.45, 2.75) is 11.8 Å². The van der Waals surface area contributed by atoms with Gasteiger partial charge >= 0.3 is 5.97 Å². The number of benzene rings is 2. The minimum absolute atomic E-state index is 0.0403. The van der Waals surface area contributed by atoms with E-state index in [4.69, 9.17) is 5.11 Å². The molecule has 0 heterocycles. The van der Waals surface area contributed by atoms with Crippen LogP contribution in [0.25, 0.3) is 0 Å². The highest BCUT2D eigenvalue weighted by Gasteiger charge is 2.39. The summed E-state index contributed by atoms with van der Waals surface area (Å²) in [5.74, 6) is -2.44. The second kappa shape index (κ2) is 5.71. The molecule has 0 aliphatic rings. The molecular formula is C16H11F2NO2. The maximum atomic E-state index is 14.1. The molecule has 0 radical (unpaired) electrons. The van der Waals surface area contributed by atoms with Gasteiger partial charge in [0, 0.05) is 5.56 Å². The number of nitrogens with zero attached hydrogens (tertiary/aromatic N) is 1. The maximum absolute atomic E-state index is 14.1. The highest BCUT2D eigenvalue weighted by Crippen LogP contribution is 2.36. The standard InChI is InChI=1S/C16H11F2NO2/c17-12-7-5-11(6-8-12)16(10-19,9-15(20)21)13-3-1-2-4-14(13)18/h1-8H,9H2,(H,20,21). The number of hydrogen-bond donors (Lipinski definition) is 1. The van der Waals surface area contributed by atoms with E-state index in [0.29, 0.717) is 0 Å². The molecule has 0 bridgehead atoms. The Bertz CT molecular complexity index is 707. The third-order valence-electron chi connectivity index (χ3n) is 3.28. The normalized spacial score (nSPS) is 13.2. The fourth-order valence-corrected chi connectivity index (χ4v) is 2.29. The zero-order valence-electron chi connectivity index (χ0n) is 10.9. The Kier molecular flexibility index (Phi) is 3.99. The van der Waals surface area contributed by atoms with Crippen molar-refractivity contribution in [2.75, 3.05) is 0 Å². The molecule has 5 heteroatoms. The lowest BCUT2D eigenvalue weighted by atomic mass is 9.73. The van der Waals surface area contributed by atoms with Crippen molar-refractivity contribution >= 4 is 5.97 Å². The van der Waals surface area contributed by atoms with E-state index in [1.807, 2.05) is 6.07 Å². The first-order valence-electron chi connectivity index (χ1n) is 6.14. The summed E-state index contributed by atoms with van der Waals surface area (Å²) in [6, 6.07) is 12.2. The molecule has 1 atom stereocenters. The van der Waals surface area contributed by atoms with Gasteiger partial charge in [-0.05, 0) is 23.8 Å². The largest absolute Gasteiger partial charge is 0.481 e. The lowest BCUT2D eigenvalue weighted by Gasteiger charge is -2.26. The van der Waals surface area contributed by atoms with Crippen LogP contribution in [0.1, 0.15) is 17.5 Å². The molecule has 21 heavy (non-hydrogen) atoms. The van der Waals surface area contributed by atoms with Gasteiger partial charge in [-0.3, -0.25) is 4.79 Å². The Morgan fingerprint density at radius 2 is 1.76 bits per heavy atom. The molecule has 1 N–H and O–H groups in total. The second-order valence-electron chi connectivity index (χ2n) is 4.57. The Balaban J connectivity index is 2.70. The quantitative estimate of drug-likeness (QED) is 0.939. The monoisotopic (exact) mass is 287 g/mol. The second-order valence-corrected chi connectivity index (χ2v) is 4.57. The molecule has 0 spiro atoms. The molecule has 106 valence electrons. The van der Waals surface area contributed by atoms with Crippen LogP contribution in [0.5, 0.6) is 0 Å². The molecule has 1 unspecified atom stereocenters. The van der Waals surface area contributed by atoms with Gasteiger partial charge in [-0.1, -0.05) is 30.3 Å². The van der Waals surface area contributed by atoms with Crippen molar-refractivity contribution in [3.05, 3.63) is 71.3 Å². The van der Waals surface area contributed by atoms with Gasteiger partial charge in [-0.15, -0.1) is 0 Å². The lowest BCUT2D eigenvalue weighted by molar-refractivity contribution is -0.137. The predicted molar refractivity (Wildman–Crippen MR) is 71.4 cm³/mol. The summed E-state index contributed by atoms with van der Waals surface area (Å²) in [5, 5.41) is 18.7. The number of carbonyl (C=O) groups is 1. The van der Waals surface area contributed by atoms with Crippen LogP contribution in [0.2, 0.25) is 0 Å². The lowest BCUT2D eigenvalue weighted by Crippen LogP contribution is -2.30. The Morgan fingerprint density at radius 1 is 1.14 bits per heavy atom. The number of carboxylic acids is 1. The van der Waals surface area contributed by atoms with Crippen molar-refractivity contribution in [1.82, 2.24) is 0 Å². The topological polar surface area (TPSA) is 61.1 Å². The van der Waals surface area contributed by atoms with E-state index in [-0.39, 0.29) is 11.1 Å². The van der Waals surface area contributed by atoms with Crippen LogP contribution in [0.3, 0.4) is 0 Å². The summed E-state index contributed by atoms with van der Waals surface area (Å²) in [5.41, 5.74) is -1.51. The van der Waals surface area contributed by atoms with E-state index >= 15 is 0 Å². The van der Waals surface area contributed by atoms with Crippen molar-refractivity contribution in [1.29, 1.82) is 5.26 Å². The molecule has 3 nitrogen and oxygen atoms in total. The van der Waals surface area contributed by atoms with Gasteiger partial charge in [0.2, 0.25) is 0 Å². The van der Waals surface area contributed by atoms with Gasteiger partial charge in [-0.2, -0.15) is 5.26 Å².